The molecule has 0 spiro atoms. The van der Waals surface area contributed by atoms with Gasteiger partial charge in [-0.25, -0.2) is 0 Å². The van der Waals surface area contributed by atoms with E-state index in [0.717, 1.165) is 43.8 Å². The van der Waals surface area contributed by atoms with E-state index in [1.54, 1.807) is 0 Å². The zero-order chi connectivity index (χ0) is 32.5. The van der Waals surface area contributed by atoms with Crippen LogP contribution in [0.15, 0.2) is 176 Å². The first-order chi connectivity index (χ1) is 23.7. The lowest BCUT2D eigenvalue weighted by molar-refractivity contribution is 1.18. The number of rotatable bonds is 6. The SMILES string of the molecule is N#Cc1ccc2c(c1)c1ccccc1n2-c1cccc(-c2cccc([Si](c3ccccc3)(c3ccccc3)c3ccccc3C#N)c2)c1. The van der Waals surface area contributed by atoms with Crippen LogP contribution in [-0.2, 0) is 0 Å². The highest BCUT2D eigenvalue weighted by Gasteiger charge is 2.43. The third-order valence-corrected chi connectivity index (χ3v) is 14.2. The first-order valence-corrected chi connectivity index (χ1v) is 18.0. The largest absolute Gasteiger partial charge is 0.309 e. The summed E-state index contributed by atoms with van der Waals surface area (Å²) in [6.07, 6.45) is 0. The Labute approximate surface area is 280 Å². The lowest BCUT2D eigenvalue weighted by Gasteiger charge is -2.35. The van der Waals surface area contributed by atoms with Crippen LogP contribution in [-0.4, -0.2) is 12.6 Å². The van der Waals surface area contributed by atoms with Crippen molar-refractivity contribution in [2.24, 2.45) is 0 Å². The molecular formula is C44H29N3Si. The van der Waals surface area contributed by atoms with Crippen molar-refractivity contribution in [3.05, 3.63) is 187 Å². The van der Waals surface area contributed by atoms with Crippen LogP contribution in [0.4, 0.5) is 0 Å². The Morgan fingerprint density at radius 3 is 1.77 bits per heavy atom. The Kier molecular flexibility index (Phi) is 7.27. The summed E-state index contributed by atoms with van der Waals surface area (Å²) in [5, 5.41) is 27.0. The molecule has 8 aromatic rings. The molecule has 48 heavy (non-hydrogen) atoms. The van der Waals surface area contributed by atoms with E-state index in [9.17, 15) is 10.5 Å². The highest BCUT2D eigenvalue weighted by atomic mass is 28.3. The van der Waals surface area contributed by atoms with Gasteiger partial charge in [0, 0.05) is 16.5 Å². The van der Waals surface area contributed by atoms with E-state index in [1.165, 1.54) is 15.6 Å². The summed E-state index contributed by atoms with van der Waals surface area (Å²) in [4.78, 5) is 0. The molecule has 0 bridgehead atoms. The summed E-state index contributed by atoms with van der Waals surface area (Å²) in [5.74, 6) is 0. The fraction of sp³-hybridized carbons (Fsp3) is 0. The summed E-state index contributed by atoms with van der Waals surface area (Å²) >= 11 is 0. The highest BCUT2D eigenvalue weighted by molar-refractivity contribution is 7.20. The minimum atomic E-state index is -2.93. The molecule has 0 unspecified atom stereocenters. The maximum atomic E-state index is 10.4. The van der Waals surface area contributed by atoms with E-state index in [0.29, 0.717) is 11.1 Å². The van der Waals surface area contributed by atoms with Crippen LogP contribution < -0.4 is 20.7 Å². The average Bonchev–Trinajstić information content (AvgIpc) is 3.50. The molecule has 0 radical (unpaired) electrons. The van der Waals surface area contributed by atoms with Gasteiger partial charge in [0.25, 0.3) is 0 Å². The monoisotopic (exact) mass is 627 g/mol. The van der Waals surface area contributed by atoms with E-state index < -0.39 is 8.07 Å². The topological polar surface area (TPSA) is 52.5 Å². The smallest absolute Gasteiger partial charge is 0.180 e. The molecule has 0 saturated heterocycles. The van der Waals surface area contributed by atoms with Crippen molar-refractivity contribution in [2.45, 2.75) is 0 Å². The molecule has 0 saturated carbocycles. The maximum Gasteiger partial charge on any atom is 0.180 e. The second kappa shape index (κ2) is 12.0. The zero-order valence-corrected chi connectivity index (χ0v) is 27.1. The lowest BCUT2D eigenvalue weighted by Crippen LogP contribution is -2.75. The Balaban J connectivity index is 1.36. The lowest BCUT2D eigenvalue weighted by atomic mass is 10.1. The van der Waals surface area contributed by atoms with Crippen molar-refractivity contribution in [3.63, 3.8) is 0 Å². The van der Waals surface area contributed by atoms with E-state index >= 15 is 0 Å². The molecule has 1 aromatic heterocycles. The number of hydrogen-bond acceptors (Lipinski definition) is 2. The fourth-order valence-corrected chi connectivity index (χ4v) is 12.3. The van der Waals surface area contributed by atoms with Crippen molar-refractivity contribution in [2.75, 3.05) is 0 Å². The first-order valence-electron chi connectivity index (χ1n) is 16.0. The number of fused-ring (bicyclic) bond motifs is 3. The van der Waals surface area contributed by atoms with Crippen LogP contribution in [0, 0.1) is 22.7 Å². The fourth-order valence-electron chi connectivity index (χ4n) is 7.33. The first kappa shape index (κ1) is 29.0. The van der Waals surface area contributed by atoms with Gasteiger partial charge in [0.15, 0.2) is 8.07 Å². The van der Waals surface area contributed by atoms with Crippen molar-refractivity contribution >= 4 is 50.6 Å². The molecule has 8 rings (SSSR count). The van der Waals surface area contributed by atoms with Crippen LogP contribution in [0.2, 0.25) is 0 Å². The highest BCUT2D eigenvalue weighted by Crippen LogP contribution is 2.34. The molecule has 0 fully saturated rings. The molecule has 3 nitrogen and oxygen atoms in total. The standard InChI is InChI=1S/C44H29N3Si/c45-30-32-25-26-43-41(27-32)40-22-8-9-23-42(40)47(43)36-16-11-14-33(28-36)34-15-12-21-39(29-34)48(37-17-3-1-4-18-37,38-19-5-2-6-20-38)44-24-10-7-13-35(44)31-46/h1-29H. The molecule has 7 aromatic carbocycles. The van der Waals surface area contributed by atoms with Gasteiger partial charge in [-0.2, -0.15) is 10.5 Å². The second-order valence-electron chi connectivity index (χ2n) is 12.0. The van der Waals surface area contributed by atoms with E-state index in [1.807, 2.05) is 36.4 Å². The van der Waals surface area contributed by atoms with Gasteiger partial charge in [-0.1, -0.05) is 133 Å². The van der Waals surface area contributed by atoms with Gasteiger partial charge < -0.3 is 4.57 Å². The Hall–Kier alpha value is -6.46. The van der Waals surface area contributed by atoms with Crippen LogP contribution in [0.25, 0.3) is 38.6 Å². The van der Waals surface area contributed by atoms with Gasteiger partial charge in [0.05, 0.1) is 34.3 Å². The molecule has 0 amide bonds. The van der Waals surface area contributed by atoms with E-state index in [-0.39, 0.29) is 0 Å². The summed E-state index contributed by atoms with van der Waals surface area (Å²) in [6.45, 7) is 0. The average molecular weight is 628 g/mol. The molecule has 1 heterocycles. The van der Waals surface area contributed by atoms with Crippen molar-refractivity contribution in [1.29, 1.82) is 10.5 Å². The van der Waals surface area contributed by atoms with Gasteiger partial charge in [-0.3, -0.25) is 0 Å². The van der Waals surface area contributed by atoms with Crippen LogP contribution in [0.3, 0.4) is 0 Å². The van der Waals surface area contributed by atoms with Crippen molar-refractivity contribution in [3.8, 4) is 29.0 Å². The van der Waals surface area contributed by atoms with Gasteiger partial charge in [-0.05, 0) is 74.3 Å². The maximum absolute atomic E-state index is 10.4. The molecule has 4 heteroatoms. The summed E-state index contributed by atoms with van der Waals surface area (Å²) in [5.41, 5.74) is 6.79. The summed E-state index contributed by atoms with van der Waals surface area (Å²) < 4.78 is 2.29. The van der Waals surface area contributed by atoms with E-state index in [2.05, 4.69) is 156 Å². The molecule has 224 valence electrons. The summed E-state index contributed by atoms with van der Waals surface area (Å²) in [6, 6.07) is 66.3. The van der Waals surface area contributed by atoms with Crippen LogP contribution in [0.5, 0.6) is 0 Å². The second-order valence-corrected chi connectivity index (χ2v) is 15.7. The molecule has 0 aliphatic carbocycles. The quantitative estimate of drug-likeness (QED) is 0.141. The number of nitriles is 2. The van der Waals surface area contributed by atoms with Crippen LogP contribution >= 0.6 is 0 Å². The third kappa shape index (κ3) is 4.64. The third-order valence-electron chi connectivity index (χ3n) is 9.40. The minimum absolute atomic E-state index is 0.651. The molecule has 0 atom stereocenters. The van der Waals surface area contributed by atoms with Gasteiger partial charge >= 0.3 is 0 Å². The number of nitrogens with zero attached hydrogens (tertiary/aromatic N) is 3. The predicted octanol–water partition coefficient (Wildman–Crippen LogP) is 7.57. The predicted molar refractivity (Wildman–Crippen MR) is 199 cm³/mol. The van der Waals surface area contributed by atoms with Crippen molar-refractivity contribution < 1.29 is 0 Å². The molecule has 0 aliphatic rings. The van der Waals surface area contributed by atoms with Gasteiger partial charge in [-0.15, -0.1) is 0 Å². The van der Waals surface area contributed by atoms with E-state index in [4.69, 9.17) is 0 Å². The number of benzene rings is 7. The summed E-state index contributed by atoms with van der Waals surface area (Å²) in [7, 11) is -2.93. The molecular weight excluding hydrogens is 599 g/mol. The molecule has 0 N–H and O–H groups in total. The van der Waals surface area contributed by atoms with Gasteiger partial charge in [0.2, 0.25) is 0 Å². The Morgan fingerprint density at radius 2 is 1.04 bits per heavy atom. The Bertz CT molecular complexity index is 2500. The number of para-hydroxylation sites is 1. The van der Waals surface area contributed by atoms with Crippen molar-refractivity contribution in [1.82, 2.24) is 4.57 Å². The minimum Gasteiger partial charge on any atom is -0.309 e. The van der Waals surface area contributed by atoms with Gasteiger partial charge in [0.1, 0.15) is 0 Å². The normalized spacial score (nSPS) is 11.3. The molecule has 0 aliphatic heterocycles. The number of hydrogen-bond donors (Lipinski definition) is 0. The van der Waals surface area contributed by atoms with Crippen LogP contribution in [0.1, 0.15) is 11.1 Å². The zero-order valence-electron chi connectivity index (χ0n) is 26.1. The number of aromatic nitrogens is 1. The Morgan fingerprint density at radius 1 is 0.438 bits per heavy atom.